The molecule has 0 aliphatic carbocycles. The Morgan fingerprint density at radius 3 is 2.36 bits per heavy atom. The lowest BCUT2D eigenvalue weighted by molar-refractivity contribution is 0.0996. The minimum Gasteiger partial charge on any atom is -0.431 e. The Bertz CT molecular complexity index is 796. The summed E-state index contributed by atoms with van der Waals surface area (Å²) in [6, 6.07) is 12.3. The van der Waals surface area contributed by atoms with Crippen molar-refractivity contribution < 1.29 is 18.0 Å². The van der Waals surface area contributed by atoms with Gasteiger partial charge in [-0.05, 0) is 24.3 Å². The molecule has 0 atom stereocenters. The van der Waals surface area contributed by atoms with Gasteiger partial charge in [0, 0.05) is 5.56 Å². The maximum atomic E-state index is 13.5. The van der Waals surface area contributed by atoms with E-state index in [9.17, 15) is 13.6 Å². The number of hydrogen-bond acceptors (Lipinski definition) is 3. The number of nitrogens with zero attached hydrogens (tertiary/aromatic N) is 1. The molecule has 0 unspecified atom stereocenters. The molecule has 6 heteroatoms. The molecule has 1 amide bonds. The average molecular weight is 300 g/mol. The third kappa shape index (κ3) is 2.71. The van der Waals surface area contributed by atoms with Gasteiger partial charge in [-0.2, -0.15) is 0 Å². The van der Waals surface area contributed by atoms with Crippen LogP contribution in [-0.2, 0) is 0 Å². The Morgan fingerprint density at radius 1 is 1.00 bits per heavy atom. The van der Waals surface area contributed by atoms with E-state index in [0.29, 0.717) is 5.56 Å². The molecule has 1 aromatic heterocycles. The quantitative estimate of drug-likeness (QED) is 0.798. The van der Waals surface area contributed by atoms with E-state index in [0.717, 1.165) is 12.1 Å². The van der Waals surface area contributed by atoms with Crippen LogP contribution in [0, 0.1) is 11.6 Å². The van der Waals surface area contributed by atoms with Crippen LogP contribution in [0.2, 0.25) is 0 Å². The number of carbonyl (C=O) groups excluding carboxylic acids is 1. The first-order valence-corrected chi connectivity index (χ1v) is 6.42. The summed E-state index contributed by atoms with van der Waals surface area (Å²) in [6.07, 6.45) is 1.20. The first-order valence-electron chi connectivity index (χ1n) is 6.42. The third-order valence-corrected chi connectivity index (χ3v) is 2.95. The first kappa shape index (κ1) is 13.9. The Kier molecular flexibility index (Phi) is 3.65. The van der Waals surface area contributed by atoms with Crippen molar-refractivity contribution in [3.63, 3.8) is 0 Å². The molecular weight excluding hydrogens is 290 g/mol. The maximum absolute atomic E-state index is 13.5. The molecule has 0 saturated carbocycles. The summed E-state index contributed by atoms with van der Waals surface area (Å²) in [5.74, 6) is -2.40. The van der Waals surface area contributed by atoms with Gasteiger partial charge < -0.3 is 9.73 Å². The van der Waals surface area contributed by atoms with Gasteiger partial charge in [-0.3, -0.25) is 4.79 Å². The number of halogens is 2. The Labute approximate surface area is 124 Å². The van der Waals surface area contributed by atoms with Crippen molar-refractivity contribution in [1.29, 1.82) is 0 Å². The number of rotatable bonds is 3. The van der Waals surface area contributed by atoms with Gasteiger partial charge in [0.15, 0.2) is 0 Å². The summed E-state index contributed by atoms with van der Waals surface area (Å²) < 4.78 is 32.3. The molecule has 0 spiro atoms. The zero-order valence-electron chi connectivity index (χ0n) is 11.2. The second-order valence-electron chi connectivity index (χ2n) is 4.45. The summed E-state index contributed by atoms with van der Waals surface area (Å²) in [7, 11) is 0. The molecule has 0 fully saturated rings. The largest absolute Gasteiger partial charge is 0.431 e. The van der Waals surface area contributed by atoms with Crippen LogP contribution in [0.1, 0.15) is 10.6 Å². The summed E-state index contributed by atoms with van der Waals surface area (Å²) in [5, 5.41) is 2.14. The predicted octanol–water partition coefficient (Wildman–Crippen LogP) is 3.87. The zero-order valence-corrected chi connectivity index (χ0v) is 11.2. The number of para-hydroxylation sites is 1. The van der Waals surface area contributed by atoms with Crippen LogP contribution >= 0.6 is 0 Å². The van der Waals surface area contributed by atoms with Crippen molar-refractivity contribution in [3.8, 4) is 11.5 Å². The third-order valence-electron chi connectivity index (χ3n) is 2.95. The van der Waals surface area contributed by atoms with Crippen molar-refractivity contribution >= 4 is 11.6 Å². The molecule has 4 nitrogen and oxygen atoms in total. The highest BCUT2D eigenvalue weighted by Gasteiger charge is 2.17. The van der Waals surface area contributed by atoms with E-state index in [4.69, 9.17) is 4.42 Å². The van der Waals surface area contributed by atoms with Crippen LogP contribution in [0.25, 0.3) is 11.5 Å². The fourth-order valence-corrected chi connectivity index (χ4v) is 1.89. The van der Waals surface area contributed by atoms with Gasteiger partial charge in [-0.1, -0.05) is 24.3 Å². The molecular formula is C16H10F2N2O2. The van der Waals surface area contributed by atoms with Crippen molar-refractivity contribution in [2.75, 3.05) is 5.32 Å². The summed E-state index contributed by atoms with van der Waals surface area (Å²) >= 11 is 0. The topological polar surface area (TPSA) is 55.1 Å². The highest BCUT2D eigenvalue weighted by molar-refractivity contribution is 6.02. The monoisotopic (exact) mass is 300 g/mol. The molecule has 22 heavy (non-hydrogen) atoms. The van der Waals surface area contributed by atoms with E-state index in [2.05, 4.69) is 10.3 Å². The number of carbonyl (C=O) groups is 1. The van der Waals surface area contributed by atoms with Crippen LogP contribution in [-0.4, -0.2) is 10.9 Å². The van der Waals surface area contributed by atoms with Crippen molar-refractivity contribution in [1.82, 2.24) is 4.98 Å². The number of nitrogens with one attached hydrogen (secondary N) is 1. The lowest BCUT2D eigenvalue weighted by Crippen LogP contribution is -2.13. The molecule has 1 N–H and O–H groups in total. The van der Waals surface area contributed by atoms with Crippen LogP contribution in [0.3, 0.4) is 0 Å². The van der Waals surface area contributed by atoms with Gasteiger partial charge in [-0.25, -0.2) is 13.8 Å². The van der Waals surface area contributed by atoms with Crippen LogP contribution in [0.4, 0.5) is 14.5 Å². The van der Waals surface area contributed by atoms with E-state index < -0.39 is 23.2 Å². The highest BCUT2D eigenvalue weighted by Crippen LogP contribution is 2.21. The summed E-state index contributed by atoms with van der Waals surface area (Å²) in [6.45, 7) is 0. The first-order chi connectivity index (χ1) is 10.6. The van der Waals surface area contributed by atoms with E-state index >= 15 is 0 Å². The summed E-state index contributed by atoms with van der Waals surface area (Å²) in [4.78, 5) is 16.0. The standard InChI is InChI=1S/C16H10F2N2O2/c17-11-7-4-8-12(18)14(11)20-15(21)13-9-19-16(22-13)10-5-2-1-3-6-10/h1-9H,(H,20,21). The van der Waals surface area contributed by atoms with Gasteiger partial charge in [0.1, 0.15) is 17.3 Å². The van der Waals surface area contributed by atoms with E-state index in [1.807, 2.05) is 6.07 Å². The van der Waals surface area contributed by atoms with Crippen molar-refractivity contribution in [2.45, 2.75) is 0 Å². The molecule has 0 aliphatic heterocycles. The number of hydrogen-bond donors (Lipinski definition) is 1. The second kappa shape index (κ2) is 5.77. The molecule has 0 aliphatic rings. The number of benzene rings is 2. The summed E-state index contributed by atoms with van der Waals surface area (Å²) in [5.41, 5.74) is 0.170. The predicted molar refractivity (Wildman–Crippen MR) is 76.3 cm³/mol. The highest BCUT2D eigenvalue weighted by atomic mass is 19.1. The maximum Gasteiger partial charge on any atom is 0.293 e. The molecule has 1 heterocycles. The van der Waals surface area contributed by atoms with Gasteiger partial charge in [-0.15, -0.1) is 0 Å². The molecule has 0 bridgehead atoms. The van der Waals surface area contributed by atoms with E-state index in [-0.39, 0.29) is 11.7 Å². The fourth-order valence-electron chi connectivity index (χ4n) is 1.89. The molecule has 110 valence electrons. The van der Waals surface area contributed by atoms with Crippen LogP contribution in [0.5, 0.6) is 0 Å². The second-order valence-corrected chi connectivity index (χ2v) is 4.45. The zero-order chi connectivity index (χ0) is 15.5. The van der Waals surface area contributed by atoms with E-state index in [1.165, 1.54) is 12.3 Å². The normalized spacial score (nSPS) is 10.5. The molecule has 2 aromatic carbocycles. The smallest absolute Gasteiger partial charge is 0.293 e. The lowest BCUT2D eigenvalue weighted by Gasteiger charge is -2.05. The number of anilines is 1. The van der Waals surface area contributed by atoms with Crippen molar-refractivity contribution in [2.24, 2.45) is 0 Å². The van der Waals surface area contributed by atoms with Crippen LogP contribution < -0.4 is 5.32 Å². The minimum atomic E-state index is -0.865. The van der Waals surface area contributed by atoms with Gasteiger partial charge in [0.05, 0.1) is 6.20 Å². The average Bonchev–Trinajstić information content (AvgIpc) is 3.02. The minimum absolute atomic E-state index is 0.137. The molecule has 3 aromatic rings. The van der Waals surface area contributed by atoms with Gasteiger partial charge in [0.25, 0.3) is 5.91 Å². The number of aromatic nitrogens is 1. The Balaban J connectivity index is 1.83. The van der Waals surface area contributed by atoms with Crippen molar-refractivity contribution in [3.05, 3.63) is 72.1 Å². The molecule has 0 radical (unpaired) electrons. The SMILES string of the molecule is O=C(Nc1c(F)cccc1F)c1cnc(-c2ccccc2)o1. The Hall–Kier alpha value is -3.02. The van der Waals surface area contributed by atoms with Gasteiger partial charge in [0.2, 0.25) is 11.7 Å². The Morgan fingerprint density at radius 2 is 1.68 bits per heavy atom. The number of oxazole rings is 1. The molecule has 0 saturated heterocycles. The lowest BCUT2D eigenvalue weighted by atomic mass is 10.2. The van der Waals surface area contributed by atoms with E-state index in [1.54, 1.807) is 24.3 Å². The molecule has 3 rings (SSSR count). The van der Waals surface area contributed by atoms with Crippen LogP contribution in [0.15, 0.2) is 59.1 Å². The fraction of sp³-hybridized carbons (Fsp3) is 0. The number of amides is 1. The van der Waals surface area contributed by atoms with Gasteiger partial charge >= 0.3 is 0 Å².